The highest BCUT2D eigenvalue weighted by atomic mass is 79.9. The first kappa shape index (κ1) is 12.2. The van der Waals surface area contributed by atoms with Gasteiger partial charge >= 0.3 is 0 Å². The second-order valence-electron chi connectivity index (χ2n) is 3.37. The van der Waals surface area contributed by atoms with Crippen LogP contribution in [0.3, 0.4) is 0 Å². The summed E-state index contributed by atoms with van der Waals surface area (Å²) >= 11 is 3.43. The molecule has 1 N–H and O–H groups in total. The summed E-state index contributed by atoms with van der Waals surface area (Å²) in [6, 6.07) is 0. The second kappa shape index (κ2) is 7.81. The van der Waals surface area contributed by atoms with Gasteiger partial charge in [0.15, 0.2) is 0 Å². The molecule has 0 radical (unpaired) electrons. The maximum atomic E-state index is 8.73. The molecule has 0 saturated carbocycles. The number of halogens is 1. The number of aliphatic hydroxyl groups is 1. The molecule has 0 aromatic carbocycles. The Morgan fingerprint density at radius 3 is 2.67 bits per heavy atom. The van der Waals surface area contributed by atoms with E-state index in [-0.39, 0.29) is 6.61 Å². The number of aliphatic hydroxyl groups excluding tert-OH is 1. The molecule has 0 aromatic rings. The first-order valence-corrected chi connectivity index (χ1v) is 5.65. The molecule has 0 rings (SSSR count). The molecule has 2 heteroatoms. The lowest BCUT2D eigenvalue weighted by atomic mass is 10.0. The van der Waals surface area contributed by atoms with Crippen LogP contribution in [0, 0.1) is 5.92 Å². The van der Waals surface area contributed by atoms with Crippen molar-refractivity contribution in [3.8, 4) is 0 Å². The van der Waals surface area contributed by atoms with Crippen LogP contribution >= 0.6 is 15.9 Å². The highest BCUT2D eigenvalue weighted by Gasteiger charge is 1.98. The molecule has 0 spiro atoms. The van der Waals surface area contributed by atoms with Crippen molar-refractivity contribution >= 4 is 15.9 Å². The number of allylic oxidation sites excluding steroid dienone is 1. The van der Waals surface area contributed by atoms with E-state index in [1.54, 1.807) is 0 Å². The molecule has 0 aromatic heterocycles. The summed E-state index contributed by atoms with van der Waals surface area (Å²) in [7, 11) is 0. The molecular formula is C10H19BrO. The zero-order valence-corrected chi connectivity index (χ0v) is 9.60. The second-order valence-corrected chi connectivity index (χ2v) is 4.16. The third-order valence-electron chi connectivity index (χ3n) is 2.00. The van der Waals surface area contributed by atoms with E-state index in [0.717, 1.165) is 23.2 Å². The lowest BCUT2D eigenvalue weighted by Gasteiger charge is -2.06. The fourth-order valence-corrected chi connectivity index (χ4v) is 1.79. The quantitative estimate of drug-likeness (QED) is 0.554. The summed E-state index contributed by atoms with van der Waals surface area (Å²) in [5.41, 5.74) is 1.08. The van der Waals surface area contributed by atoms with E-state index >= 15 is 0 Å². The summed E-state index contributed by atoms with van der Waals surface area (Å²) in [5, 5.41) is 9.82. The van der Waals surface area contributed by atoms with Gasteiger partial charge in [-0.05, 0) is 32.1 Å². The molecule has 1 unspecified atom stereocenters. The first-order chi connectivity index (χ1) is 5.70. The van der Waals surface area contributed by atoms with Crippen molar-refractivity contribution in [2.45, 2.75) is 33.1 Å². The molecule has 0 bridgehead atoms. The third kappa shape index (κ3) is 6.86. The van der Waals surface area contributed by atoms with Crippen LogP contribution in [0.2, 0.25) is 0 Å². The minimum Gasteiger partial charge on any atom is -0.392 e. The van der Waals surface area contributed by atoms with Gasteiger partial charge < -0.3 is 5.11 Å². The number of rotatable bonds is 6. The smallest absolute Gasteiger partial charge is 0.0639 e. The van der Waals surface area contributed by atoms with E-state index in [4.69, 9.17) is 5.11 Å². The van der Waals surface area contributed by atoms with Crippen molar-refractivity contribution in [2.24, 2.45) is 5.92 Å². The average Bonchev–Trinajstić information content (AvgIpc) is 2.04. The van der Waals surface area contributed by atoms with Crippen molar-refractivity contribution in [3.05, 3.63) is 11.6 Å². The van der Waals surface area contributed by atoms with Gasteiger partial charge in [0.2, 0.25) is 0 Å². The number of alkyl halides is 1. The van der Waals surface area contributed by atoms with Crippen molar-refractivity contribution < 1.29 is 5.11 Å². The Hall–Kier alpha value is 0.180. The van der Waals surface area contributed by atoms with E-state index in [9.17, 15) is 0 Å². The molecular weight excluding hydrogens is 216 g/mol. The highest BCUT2D eigenvalue weighted by molar-refractivity contribution is 9.09. The summed E-state index contributed by atoms with van der Waals surface area (Å²) in [6.07, 6.45) is 5.69. The van der Waals surface area contributed by atoms with Gasteiger partial charge in [-0.2, -0.15) is 0 Å². The van der Waals surface area contributed by atoms with Crippen molar-refractivity contribution in [1.82, 2.24) is 0 Å². The van der Waals surface area contributed by atoms with E-state index in [0.29, 0.717) is 0 Å². The zero-order valence-electron chi connectivity index (χ0n) is 8.02. The van der Waals surface area contributed by atoms with Crippen LogP contribution < -0.4 is 0 Å². The van der Waals surface area contributed by atoms with Gasteiger partial charge in [-0.25, -0.2) is 0 Å². The van der Waals surface area contributed by atoms with E-state index in [2.05, 4.69) is 28.9 Å². The van der Waals surface area contributed by atoms with E-state index < -0.39 is 0 Å². The van der Waals surface area contributed by atoms with Crippen LogP contribution in [-0.2, 0) is 0 Å². The minimum atomic E-state index is 0.201. The average molecular weight is 235 g/mol. The van der Waals surface area contributed by atoms with Crippen LogP contribution in [0.5, 0.6) is 0 Å². The lowest BCUT2D eigenvalue weighted by Crippen LogP contribution is -1.94. The Bertz CT molecular complexity index is 132. The topological polar surface area (TPSA) is 20.2 Å². The maximum absolute atomic E-state index is 8.73. The van der Waals surface area contributed by atoms with Crippen LogP contribution in [0.25, 0.3) is 0 Å². The Morgan fingerprint density at radius 1 is 1.50 bits per heavy atom. The van der Waals surface area contributed by atoms with E-state index in [1.807, 2.05) is 6.92 Å². The predicted molar refractivity (Wildman–Crippen MR) is 57.7 cm³/mol. The largest absolute Gasteiger partial charge is 0.392 e. The van der Waals surface area contributed by atoms with Gasteiger partial charge in [-0.1, -0.05) is 34.5 Å². The third-order valence-corrected chi connectivity index (χ3v) is 2.46. The monoisotopic (exact) mass is 234 g/mol. The molecule has 1 atom stereocenters. The Balaban J connectivity index is 3.41. The molecule has 0 heterocycles. The molecule has 0 aliphatic heterocycles. The van der Waals surface area contributed by atoms with Crippen LogP contribution in [0.1, 0.15) is 33.1 Å². The summed E-state index contributed by atoms with van der Waals surface area (Å²) < 4.78 is 0. The van der Waals surface area contributed by atoms with Crippen molar-refractivity contribution in [2.75, 3.05) is 11.9 Å². The molecule has 72 valence electrons. The minimum absolute atomic E-state index is 0.201. The van der Waals surface area contributed by atoms with Crippen molar-refractivity contribution in [3.63, 3.8) is 0 Å². The highest BCUT2D eigenvalue weighted by Crippen LogP contribution is 2.12. The molecule has 12 heavy (non-hydrogen) atoms. The predicted octanol–water partition coefficient (Wildman–Crippen LogP) is 3.13. The summed E-state index contributed by atoms with van der Waals surface area (Å²) in [6.45, 7) is 4.44. The number of hydrogen-bond donors (Lipinski definition) is 1. The van der Waals surface area contributed by atoms with Gasteiger partial charge in [-0.15, -0.1) is 0 Å². The lowest BCUT2D eigenvalue weighted by molar-refractivity contribution is 0.330. The zero-order chi connectivity index (χ0) is 9.40. The Morgan fingerprint density at radius 2 is 2.17 bits per heavy atom. The molecule has 0 saturated heterocycles. The van der Waals surface area contributed by atoms with Crippen molar-refractivity contribution in [1.29, 1.82) is 0 Å². The number of hydrogen-bond acceptors (Lipinski definition) is 1. The summed E-state index contributed by atoms with van der Waals surface area (Å²) in [4.78, 5) is 0. The summed E-state index contributed by atoms with van der Waals surface area (Å²) in [5.74, 6) is 0.784. The molecule has 0 aliphatic rings. The van der Waals surface area contributed by atoms with Gasteiger partial charge in [-0.3, -0.25) is 0 Å². The van der Waals surface area contributed by atoms with Gasteiger partial charge in [0.25, 0.3) is 0 Å². The molecule has 1 nitrogen and oxygen atoms in total. The van der Waals surface area contributed by atoms with Crippen LogP contribution in [-0.4, -0.2) is 17.0 Å². The Kier molecular flexibility index (Phi) is 7.93. The van der Waals surface area contributed by atoms with Gasteiger partial charge in [0.1, 0.15) is 0 Å². The first-order valence-electron chi connectivity index (χ1n) is 4.53. The Labute approximate surface area is 84.0 Å². The fraction of sp³-hybridized carbons (Fsp3) is 0.800. The standard InChI is InChI=1S/C10H19BrO/c1-9(6-7-11)4-3-5-10(2)8-12/h5,9,12H,3-4,6-8H2,1-2H3/b10-5+. The van der Waals surface area contributed by atoms with Crippen LogP contribution in [0.15, 0.2) is 11.6 Å². The SMILES string of the molecule is C/C(=C\CCC(C)CCBr)CO. The van der Waals surface area contributed by atoms with Gasteiger partial charge in [0.05, 0.1) is 6.61 Å². The maximum Gasteiger partial charge on any atom is 0.0639 e. The van der Waals surface area contributed by atoms with Crippen LogP contribution in [0.4, 0.5) is 0 Å². The normalized spacial score (nSPS) is 14.8. The van der Waals surface area contributed by atoms with E-state index in [1.165, 1.54) is 12.8 Å². The molecule has 0 aliphatic carbocycles. The van der Waals surface area contributed by atoms with Gasteiger partial charge in [0, 0.05) is 5.33 Å². The molecule has 0 fully saturated rings. The molecule has 0 amide bonds. The fourth-order valence-electron chi connectivity index (χ4n) is 1.01.